The smallest absolute Gasteiger partial charge is 0.329 e. The molecule has 0 aliphatic carbocycles. The fraction of sp³-hybridized carbons (Fsp3) is 0.429. The highest BCUT2D eigenvalue weighted by Crippen LogP contribution is 2.33. The van der Waals surface area contributed by atoms with Crippen LogP contribution in [-0.4, -0.2) is 46.2 Å². The van der Waals surface area contributed by atoms with Crippen LogP contribution in [-0.2, 0) is 4.79 Å². The van der Waals surface area contributed by atoms with E-state index in [2.05, 4.69) is 0 Å². The molecule has 1 saturated heterocycles. The molecule has 1 aliphatic rings. The molecule has 1 aromatic rings. The topological polar surface area (TPSA) is 87.1 Å². The number of hydrogen-bond donors (Lipinski definition) is 2. The lowest BCUT2D eigenvalue weighted by Gasteiger charge is -2.31. The standard InChI is InChI=1S/C14H17NO5/c1-14(13(18)19)6-3-7-15(14)12(17)10-8-9(20-2)4-5-11(10)16/h4-5,8,16H,3,6-7H2,1-2H3,(H,18,19). The van der Waals surface area contributed by atoms with Gasteiger partial charge in [0.2, 0.25) is 0 Å². The van der Waals surface area contributed by atoms with E-state index in [4.69, 9.17) is 4.74 Å². The predicted octanol–water partition coefficient (Wildman–Crippen LogP) is 1.48. The van der Waals surface area contributed by atoms with Gasteiger partial charge in [-0.2, -0.15) is 0 Å². The number of nitrogens with zero attached hydrogens (tertiary/aromatic N) is 1. The SMILES string of the molecule is COc1ccc(O)c(C(=O)N2CCCC2(C)C(=O)O)c1. The number of aromatic hydroxyl groups is 1. The number of methoxy groups -OCH3 is 1. The van der Waals surface area contributed by atoms with E-state index in [9.17, 15) is 19.8 Å². The maximum atomic E-state index is 12.5. The molecule has 0 bridgehead atoms. The number of carboxylic acids is 1. The summed E-state index contributed by atoms with van der Waals surface area (Å²) in [6, 6.07) is 4.31. The summed E-state index contributed by atoms with van der Waals surface area (Å²) in [5.41, 5.74) is -1.18. The summed E-state index contributed by atoms with van der Waals surface area (Å²) >= 11 is 0. The molecular formula is C14H17NO5. The summed E-state index contributed by atoms with van der Waals surface area (Å²) in [5.74, 6) is -1.28. The Labute approximate surface area is 116 Å². The summed E-state index contributed by atoms with van der Waals surface area (Å²) in [4.78, 5) is 25.2. The van der Waals surface area contributed by atoms with Gasteiger partial charge in [-0.25, -0.2) is 4.79 Å². The normalized spacial score (nSPS) is 21.8. The molecule has 108 valence electrons. The highest BCUT2D eigenvalue weighted by atomic mass is 16.5. The second-order valence-corrected chi connectivity index (χ2v) is 5.02. The zero-order valence-corrected chi connectivity index (χ0v) is 11.4. The number of carbonyl (C=O) groups excluding carboxylic acids is 1. The highest BCUT2D eigenvalue weighted by molar-refractivity contribution is 6.00. The number of amides is 1. The van der Waals surface area contributed by atoms with Crippen LogP contribution >= 0.6 is 0 Å². The van der Waals surface area contributed by atoms with Crippen molar-refractivity contribution in [1.29, 1.82) is 0 Å². The van der Waals surface area contributed by atoms with Gasteiger partial charge in [0.25, 0.3) is 5.91 Å². The Morgan fingerprint density at radius 1 is 1.40 bits per heavy atom. The molecule has 0 spiro atoms. The minimum Gasteiger partial charge on any atom is -0.507 e. The Bertz CT molecular complexity index is 556. The zero-order valence-electron chi connectivity index (χ0n) is 11.4. The van der Waals surface area contributed by atoms with Crippen molar-refractivity contribution in [3.63, 3.8) is 0 Å². The van der Waals surface area contributed by atoms with Gasteiger partial charge in [-0.15, -0.1) is 0 Å². The number of aliphatic carboxylic acids is 1. The fourth-order valence-corrected chi connectivity index (χ4v) is 2.47. The number of benzene rings is 1. The summed E-state index contributed by atoms with van der Waals surface area (Å²) in [5, 5.41) is 19.1. The Hall–Kier alpha value is -2.24. The van der Waals surface area contributed by atoms with Crippen LogP contribution in [0.25, 0.3) is 0 Å². The van der Waals surface area contributed by atoms with Crippen molar-refractivity contribution in [1.82, 2.24) is 4.90 Å². The van der Waals surface area contributed by atoms with Crippen molar-refractivity contribution in [3.05, 3.63) is 23.8 Å². The number of rotatable bonds is 3. The summed E-state index contributed by atoms with van der Waals surface area (Å²) in [6.07, 6.45) is 1.03. The lowest BCUT2D eigenvalue weighted by atomic mass is 9.98. The molecule has 1 aliphatic heterocycles. The van der Waals surface area contributed by atoms with Crippen LogP contribution in [0, 0.1) is 0 Å². The van der Waals surface area contributed by atoms with Crippen LogP contribution in [0.5, 0.6) is 11.5 Å². The Morgan fingerprint density at radius 3 is 2.70 bits per heavy atom. The molecule has 1 heterocycles. The van der Waals surface area contributed by atoms with Gasteiger partial charge < -0.3 is 19.8 Å². The Morgan fingerprint density at radius 2 is 2.10 bits per heavy atom. The average Bonchev–Trinajstić information content (AvgIpc) is 2.82. The molecule has 1 atom stereocenters. The van der Waals surface area contributed by atoms with Crippen molar-refractivity contribution in [3.8, 4) is 11.5 Å². The summed E-state index contributed by atoms with van der Waals surface area (Å²) in [7, 11) is 1.46. The minimum absolute atomic E-state index is 0.0544. The Balaban J connectivity index is 2.38. The van der Waals surface area contributed by atoms with Crippen molar-refractivity contribution in [2.75, 3.05) is 13.7 Å². The molecule has 1 amide bonds. The van der Waals surface area contributed by atoms with Crippen molar-refractivity contribution >= 4 is 11.9 Å². The van der Waals surface area contributed by atoms with Crippen molar-refractivity contribution in [2.45, 2.75) is 25.3 Å². The third-order valence-electron chi connectivity index (χ3n) is 3.78. The van der Waals surface area contributed by atoms with E-state index in [-0.39, 0.29) is 11.3 Å². The van der Waals surface area contributed by atoms with Crippen molar-refractivity contribution in [2.24, 2.45) is 0 Å². The third-order valence-corrected chi connectivity index (χ3v) is 3.78. The molecular weight excluding hydrogens is 262 g/mol. The number of carbonyl (C=O) groups is 2. The molecule has 1 aromatic carbocycles. The van der Waals surface area contributed by atoms with Gasteiger partial charge in [-0.1, -0.05) is 0 Å². The number of phenols is 1. The molecule has 0 aromatic heterocycles. The van der Waals surface area contributed by atoms with Gasteiger partial charge in [0.1, 0.15) is 17.0 Å². The molecule has 1 fully saturated rings. The van der Waals surface area contributed by atoms with E-state index >= 15 is 0 Å². The van der Waals surface area contributed by atoms with Crippen LogP contribution in [0.15, 0.2) is 18.2 Å². The Kier molecular flexibility index (Phi) is 3.57. The number of ether oxygens (including phenoxy) is 1. The molecule has 2 rings (SSSR count). The monoisotopic (exact) mass is 279 g/mol. The lowest BCUT2D eigenvalue weighted by Crippen LogP contribution is -2.50. The van der Waals surface area contributed by atoms with Gasteiger partial charge >= 0.3 is 5.97 Å². The van der Waals surface area contributed by atoms with Crippen LogP contribution in [0.3, 0.4) is 0 Å². The molecule has 2 N–H and O–H groups in total. The van der Waals surface area contributed by atoms with E-state index in [1.54, 1.807) is 0 Å². The maximum absolute atomic E-state index is 12.5. The van der Waals surface area contributed by atoms with E-state index in [1.807, 2.05) is 0 Å². The number of hydrogen-bond acceptors (Lipinski definition) is 4. The van der Waals surface area contributed by atoms with E-state index in [0.717, 1.165) is 0 Å². The summed E-state index contributed by atoms with van der Waals surface area (Å²) in [6.45, 7) is 1.88. The van der Waals surface area contributed by atoms with Crippen LogP contribution in [0.2, 0.25) is 0 Å². The first kappa shape index (κ1) is 14.2. The first-order chi connectivity index (χ1) is 9.40. The molecule has 1 unspecified atom stereocenters. The quantitative estimate of drug-likeness (QED) is 0.875. The van der Waals surface area contributed by atoms with E-state index in [0.29, 0.717) is 25.1 Å². The lowest BCUT2D eigenvalue weighted by molar-refractivity contribution is -0.147. The second kappa shape index (κ2) is 5.03. The fourth-order valence-electron chi connectivity index (χ4n) is 2.47. The largest absolute Gasteiger partial charge is 0.507 e. The molecule has 0 radical (unpaired) electrons. The van der Waals surface area contributed by atoms with Crippen molar-refractivity contribution < 1.29 is 24.5 Å². The van der Waals surface area contributed by atoms with E-state index < -0.39 is 17.4 Å². The second-order valence-electron chi connectivity index (χ2n) is 5.02. The zero-order chi connectivity index (χ0) is 14.9. The molecule has 6 nitrogen and oxygen atoms in total. The first-order valence-corrected chi connectivity index (χ1v) is 6.32. The number of phenolic OH excluding ortho intramolecular Hbond substituents is 1. The van der Waals surface area contributed by atoms with Crippen LogP contribution in [0.4, 0.5) is 0 Å². The van der Waals surface area contributed by atoms with Crippen LogP contribution in [0.1, 0.15) is 30.1 Å². The highest BCUT2D eigenvalue weighted by Gasteiger charge is 2.46. The molecule has 0 saturated carbocycles. The number of carboxylic acid groups (broad SMARTS) is 1. The van der Waals surface area contributed by atoms with Gasteiger partial charge in [-0.05, 0) is 38.0 Å². The number of likely N-dealkylation sites (tertiary alicyclic amines) is 1. The molecule has 20 heavy (non-hydrogen) atoms. The first-order valence-electron chi connectivity index (χ1n) is 6.32. The van der Waals surface area contributed by atoms with Crippen LogP contribution < -0.4 is 4.74 Å². The van der Waals surface area contributed by atoms with Gasteiger partial charge in [0.05, 0.1) is 12.7 Å². The maximum Gasteiger partial charge on any atom is 0.329 e. The minimum atomic E-state index is -1.23. The van der Waals surface area contributed by atoms with Gasteiger partial charge in [0, 0.05) is 6.54 Å². The predicted molar refractivity (Wildman–Crippen MR) is 71.0 cm³/mol. The van der Waals surface area contributed by atoms with E-state index in [1.165, 1.54) is 37.1 Å². The average molecular weight is 279 g/mol. The van der Waals surface area contributed by atoms with Gasteiger partial charge in [0.15, 0.2) is 0 Å². The third kappa shape index (κ3) is 2.17. The summed E-state index contributed by atoms with van der Waals surface area (Å²) < 4.78 is 5.02. The molecule has 6 heteroatoms. The van der Waals surface area contributed by atoms with Gasteiger partial charge in [-0.3, -0.25) is 4.79 Å².